The molecule has 0 fully saturated rings. The lowest BCUT2D eigenvalue weighted by Crippen LogP contribution is -1.97. The average Bonchev–Trinajstić information content (AvgIpc) is 2.30. The molecule has 5 heteroatoms. The molecule has 0 amide bonds. The van der Waals surface area contributed by atoms with Crippen molar-refractivity contribution < 1.29 is 4.39 Å². The van der Waals surface area contributed by atoms with Gasteiger partial charge < -0.3 is 5.73 Å². The third-order valence-corrected chi connectivity index (χ3v) is 2.03. The summed E-state index contributed by atoms with van der Waals surface area (Å²) in [5.41, 5.74) is 6.90. The van der Waals surface area contributed by atoms with Crippen molar-refractivity contribution in [1.82, 2.24) is 9.97 Å². The number of halogens is 1. The van der Waals surface area contributed by atoms with Crippen LogP contribution in [0, 0.1) is 17.1 Å². The molecule has 0 unspecified atom stereocenters. The molecule has 2 aromatic rings. The molecule has 0 aliphatic carbocycles. The molecule has 78 valence electrons. The minimum Gasteiger partial charge on any atom is -0.383 e. The van der Waals surface area contributed by atoms with Crippen molar-refractivity contribution in [2.24, 2.45) is 0 Å². The molecule has 0 aliphatic rings. The smallest absolute Gasteiger partial charge is 0.142 e. The fraction of sp³-hybridized carbons (Fsp3) is 0. The first-order valence-electron chi connectivity index (χ1n) is 4.49. The van der Waals surface area contributed by atoms with Crippen molar-refractivity contribution in [2.75, 3.05) is 5.73 Å². The van der Waals surface area contributed by atoms with Crippen LogP contribution in [0.25, 0.3) is 11.4 Å². The van der Waals surface area contributed by atoms with Gasteiger partial charge in [0.2, 0.25) is 0 Å². The standard InChI is InChI=1S/C11H7FN4/c12-8-2-4-9(15-6-8)10-3-1-7(5-13)11(14)16-10/h1-4,6H,(H2,14,16). The van der Waals surface area contributed by atoms with E-state index in [9.17, 15) is 4.39 Å². The number of hydrogen-bond donors (Lipinski definition) is 1. The first kappa shape index (κ1) is 10.1. The van der Waals surface area contributed by atoms with Gasteiger partial charge in [-0.25, -0.2) is 9.37 Å². The van der Waals surface area contributed by atoms with Crippen LogP contribution >= 0.6 is 0 Å². The highest BCUT2D eigenvalue weighted by Crippen LogP contribution is 2.17. The molecule has 2 heterocycles. The SMILES string of the molecule is N#Cc1ccc(-c2ccc(F)cn2)nc1N. The van der Waals surface area contributed by atoms with Crippen molar-refractivity contribution in [2.45, 2.75) is 0 Å². The summed E-state index contributed by atoms with van der Waals surface area (Å²) in [6, 6.07) is 7.89. The molecule has 2 aromatic heterocycles. The Morgan fingerprint density at radius 2 is 1.94 bits per heavy atom. The van der Waals surface area contributed by atoms with Crippen LogP contribution in [0.2, 0.25) is 0 Å². The number of nitrogen functional groups attached to an aromatic ring is 1. The molecule has 0 bridgehead atoms. The van der Waals surface area contributed by atoms with Gasteiger partial charge in [-0.05, 0) is 24.3 Å². The van der Waals surface area contributed by atoms with E-state index in [-0.39, 0.29) is 5.82 Å². The molecule has 0 radical (unpaired) electrons. The van der Waals surface area contributed by atoms with Gasteiger partial charge in [-0.15, -0.1) is 0 Å². The summed E-state index contributed by atoms with van der Waals surface area (Å²) in [7, 11) is 0. The summed E-state index contributed by atoms with van der Waals surface area (Å²) in [6.45, 7) is 0. The van der Waals surface area contributed by atoms with E-state index in [1.165, 1.54) is 12.1 Å². The van der Waals surface area contributed by atoms with Crippen molar-refractivity contribution >= 4 is 5.82 Å². The van der Waals surface area contributed by atoms with E-state index in [1.54, 1.807) is 12.1 Å². The van der Waals surface area contributed by atoms with Crippen LogP contribution in [0.5, 0.6) is 0 Å². The van der Waals surface area contributed by atoms with Gasteiger partial charge in [0.25, 0.3) is 0 Å². The van der Waals surface area contributed by atoms with Crippen molar-refractivity contribution in [3.63, 3.8) is 0 Å². The van der Waals surface area contributed by atoms with E-state index in [0.717, 1.165) is 6.20 Å². The van der Waals surface area contributed by atoms with E-state index < -0.39 is 5.82 Å². The molecule has 0 spiro atoms. The van der Waals surface area contributed by atoms with Gasteiger partial charge >= 0.3 is 0 Å². The summed E-state index contributed by atoms with van der Waals surface area (Å²) in [4.78, 5) is 7.88. The lowest BCUT2D eigenvalue weighted by atomic mass is 10.2. The Morgan fingerprint density at radius 3 is 2.50 bits per heavy atom. The highest BCUT2D eigenvalue weighted by atomic mass is 19.1. The van der Waals surface area contributed by atoms with Crippen LogP contribution < -0.4 is 5.73 Å². The Balaban J connectivity index is 2.46. The summed E-state index contributed by atoms with van der Waals surface area (Å²) in [6.07, 6.45) is 1.10. The molecule has 0 aromatic carbocycles. The molecule has 0 atom stereocenters. The molecule has 16 heavy (non-hydrogen) atoms. The summed E-state index contributed by atoms with van der Waals surface area (Å²) in [5, 5.41) is 8.68. The summed E-state index contributed by atoms with van der Waals surface area (Å²) in [5.74, 6) is -0.267. The number of nitrogens with two attached hydrogens (primary N) is 1. The minimum atomic E-state index is -0.412. The van der Waals surface area contributed by atoms with Crippen LogP contribution in [0.3, 0.4) is 0 Å². The Hall–Kier alpha value is -2.48. The predicted molar refractivity (Wildman–Crippen MR) is 56.6 cm³/mol. The monoisotopic (exact) mass is 214 g/mol. The van der Waals surface area contributed by atoms with E-state index in [1.807, 2.05) is 6.07 Å². The zero-order valence-electron chi connectivity index (χ0n) is 8.18. The van der Waals surface area contributed by atoms with E-state index in [4.69, 9.17) is 11.0 Å². The maximum Gasteiger partial charge on any atom is 0.142 e. The van der Waals surface area contributed by atoms with Gasteiger partial charge in [-0.3, -0.25) is 4.98 Å². The van der Waals surface area contributed by atoms with E-state index in [0.29, 0.717) is 17.0 Å². The molecule has 0 aliphatic heterocycles. The lowest BCUT2D eigenvalue weighted by molar-refractivity contribution is 0.622. The van der Waals surface area contributed by atoms with Crippen molar-refractivity contribution in [1.29, 1.82) is 5.26 Å². The Morgan fingerprint density at radius 1 is 1.19 bits per heavy atom. The van der Waals surface area contributed by atoms with Crippen LogP contribution in [0.15, 0.2) is 30.5 Å². The van der Waals surface area contributed by atoms with E-state index in [2.05, 4.69) is 9.97 Å². The number of pyridine rings is 2. The second-order valence-corrected chi connectivity index (χ2v) is 3.10. The second-order valence-electron chi connectivity index (χ2n) is 3.10. The van der Waals surface area contributed by atoms with Gasteiger partial charge in [-0.2, -0.15) is 5.26 Å². The maximum atomic E-state index is 12.6. The van der Waals surface area contributed by atoms with Crippen LogP contribution in [-0.4, -0.2) is 9.97 Å². The lowest BCUT2D eigenvalue weighted by Gasteiger charge is -2.01. The van der Waals surface area contributed by atoms with Gasteiger partial charge in [0, 0.05) is 0 Å². The summed E-state index contributed by atoms with van der Waals surface area (Å²) < 4.78 is 12.6. The normalized spacial score (nSPS) is 9.75. The van der Waals surface area contributed by atoms with Crippen LogP contribution in [-0.2, 0) is 0 Å². The highest BCUT2D eigenvalue weighted by Gasteiger charge is 2.05. The number of aromatic nitrogens is 2. The van der Waals surface area contributed by atoms with Crippen LogP contribution in [0.1, 0.15) is 5.56 Å². The molecule has 0 saturated heterocycles. The predicted octanol–water partition coefficient (Wildman–Crippen LogP) is 1.74. The number of rotatable bonds is 1. The van der Waals surface area contributed by atoms with Gasteiger partial charge in [0.15, 0.2) is 0 Å². The Kier molecular flexibility index (Phi) is 2.48. The quantitative estimate of drug-likeness (QED) is 0.784. The average molecular weight is 214 g/mol. The van der Waals surface area contributed by atoms with Gasteiger partial charge in [0.05, 0.1) is 23.1 Å². The molecule has 2 N–H and O–H groups in total. The number of anilines is 1. The van der Waals surface area contributed by atoms with Crippen LogP contribution in [0.4, 0.5) is 10.2 Å². The fourth-order valence-electron chi connectivity index (χ4n) is 1.24. The third-order valence-electron chi connectivity index (χ3n) is 2.03. The summed E-state index contributed by atoms with van der Waals surface area (Å²) >= 11 is 0. The Labute approximate surface area is 91.2 Å². The molecular formula is C11H7FN4. The van der Waals surface area contributed by atoms with Crippen molar-refractivity contribution in [3.05, 3.63) is 41.8 Å². The fourth-order valence-corrected chi connectivity index (χ4v) is 1.24. The number of nitrogens with zero attached hydrogens (tertiary/aromatic N) is 3. The highest BCUT2D eigenvalue weighted by molar-refractivity contribution is 5.60. The van der Waals surface area contributed by atoms with Gasteiger partial charge in [0.1, 0.15) is 17.7 Å². The molecule has 0 saturated carbocycles. The minimum absolute atomic E-state index is 0.145. The van der Waals surface area contributed by atoms with Gasteiger partial charge in [-0.1, -0.05) is 0 Å². The molecule has 4 nitrogen and oxygen atoms in total. The first-order chi connectivity index (χ1) is 7.70. The number of hydrogen-bond acceptors (Lipinski definition) is 4. The maximum absolute atomic E-state index is 12.6. The van der Waals surface area contributed by atoms with E-state index >= 15 is 0 Å². The van der Waals surface area contributed by atoms with Crippen molar-refractivity contribution in [3.8, 4) is 17.5 Å². The first-order valence-corrected chi connectivity index (χ1v) is 4.49. The zero-order valence-corrected chi connectivity index (χ0v) is 8.18. The zero-order chi connectivity index (χ0) is 11.5. The largest absolute Gasteiger partial charge is 0.383 e. The molecule has 2 rings (SSSR count). The second kappa shape index (κ2) is 3.95. The topological polar surface area (TPSA) is 75.6 Å². The Bertz CT molecular complexity index is 557. The molecular weight excluding hydrogens is 207 g/mol. The number of nitriles is 1. The third kappa shape index (κ3) is 1.81.